The molecule has 2 fully saturated rings. The molecule has 2 atom stereocenters. The molecule has 2 aliphatic rings. The van der Waals surface area contributed by atoms with E-state index < -0.39 is 29.7 Å². The molecule has 2 aromatic carbocycles. The number of nitrogens with zero attached hydrogens (tertiary/aromatic N) is 2. The number of fused-ring (bicyclic) bond motifs is 2. The first-order valence-electron chi connectivity index (χ1n) is 13.2. The summed E-state index contributed by atoms with van der Waals surface area (Å²) in [7, 11) is 0. The Balaban J connectivity index is 1.28. The molecule has 0 radical (unpaired) electrons. The second-order valence-corrected chi connectivity index (χ2v) is 10.5. The lowest BCUT2D eigenvalue weighted by atomic mass is 9.86. The molecule has 216 valence electrons. The minimum absolute atomic E-state index is 0.00896. The van der Waals surface area contributed by atoms with Gasteiger partial charge in [0, 0.05) is 36.3 Å². The normalized spacial score (nSPS) is 20.8. The predicted octanol–water partition coefficient (Wildman–Crippen LogP) is 5.05. The number of carbonyl (C=O) groups excluding carboxylic acids is 2. The van der Waals surface area contributed by atoms with Gasteiger partial charge in [-0.2, -0.15) is 0 Å². The first-order valence-corrected chi connectivity index (χ1v) is 13.2. The highest BCUT2D eigenvalue weighted by Crippen LogP contribution is 2.32. The van der Waals surface area contributed by atoms with Gasteiger partial charge in [-0.15, -0.1) is 13.2 Å². The average molecular weight is 572 g/mol. The van der Waals surface area contributed by atoms with Gasteiger partial charge in [0.25, 0.3) is 5.91 Å². The molecule has 2 bridgehead atoms. The smallest absolute Gasteiger partial charge is 0.404 e. The molecule has 2 unspecified atom stereocenters. The van der Waals surface area contributed by atoms with Crippen molar-refractivity contribution in [2.45, 2.75) is 38.2 Å². The average Bonchev–Trinajstić information content (AvgIpc) is 2.89. The second kappa shape index (κ2) is 11.8. The Hall–Kier alpha value is -4.03. The Morgan fingerprint density at radius 2 is 1.78 bits per heavy atom. The van der Waals surface area contributed by atoms with Crippen LogP contribution in [0.3, 0.4) is 0 Å². The van der Waals surface area contributed by atoms with Crippen molar-refractivity contribution in [3.8, 4) is 17.0 Å². The lowest BCUT2D eigenvalue weighted by Gasteiger charge is -2.44. The minimum atomic E-state index is -5.00. The van der Waals surface area contributed by atoms with Gasteiger partial charge in [-0.05, 0) is 61.2 Å². The van der Waals surface area contributed by atoms with Crippen molar-refractivity contribution in [3.63, 3.8) is 0 Å². The van der Waals surface area contributed by atoms with E-state index in [-0.39, 0.29) is 35.6 Å². The number of halogens is 4. The van der Waals surface area contributed by atoms with Crippen molar-refractivity contribution >= 4 is 23.2 Å². The Bertz CT molecular complexity index is 1400. The summed E-state index contributed by atoms with van der Waals surface area (Å²) in [6, 6.07) is 13.0. The standard InChI is InChI=1S/C29H29F4N5O3/c1-17-10-20-14-38(15-21(11-17)35-20)16-27(39)37-25-12-18(6-9-26(25)41-29(31,32)33)28(40)36-19-7-8-24(34-13-19)22-4-2-3-5-23(22)30/h2-9,12-13,17,20-21,35H,10-11,14-16H2,1H3,(H,36,40)(H,37,39). The minimum Gasteiger partial charge on any atom is -0.404 e. The number of carbonyl (C=O) groups is 2. The first-order chi connectivity index (χ1) is 19.5. The number of pyridine rings is 1. The highest BCUT2D eigenvalue weighted by molar-refractivity contribution is 6.06. The lowest BCUT2D eigenvalue weighted by molar-refractivity contribution is -0.274. The molecule has 5 rings (SSSR count). The molecule has 3 heterocycles. The van der Waals surface area contributed by atoms with E-state index in [1.54, 1.807) is 18.2 Å². The van der Waals surface area contributed by atoms with Gasteiger partial charge in [0.05, 0.1) is 29.8 Å². The maximum absolute atomic E-state index is 14.0. The number of alkyl halides is 3. The largest absolute Gasteiger partial charge is 0.573 e. The molecule has 3 aromatic rings. The summed E-state index contributed by atoms with van der Waals surface area (Å²) in [5.41, 5.74) is 0.650. The van der Waals surface area contributed by atoms with E-state index >= 15 is 0 Å². The Morgan fingerprint density at radius 3 is 2.44 bits per heavy atom. The predicted molar refractivity (Wildman–Crippen MR) is 145 cm³/mol. The van der Waals surface area contributed by atoms with Crippen LogP contribution in [0.15, 0.2) is 60.8 Å². The topological polar surface area (TPSA) is 95.6 Å². The van der Waals surface area contributed by atoms with Gasteiger partial charge in [0.15, 0.2) is 5.75 Å². The highest BCUT2D eigenvalue weighted by atomic mass is 19.4. The van der Waals surface area contributed by atoms with Crippen LogP contribution in [0.2, 0.25) is 0 Å². The van der Waals surface area contributed by atoms with Gasteiger partial charge in [-0.25, -0.2) is 4.39 Å². The molecule has 1 aromatic heterocycles. The lowest BCUT2D eigenvalue weighted by Crippen LogP contribution is -2.60. The number of rotatable bonds is 7. The van der Waals surface area contributed by atoms with Gasteiger partial charge in [-0.3, -0.25) is 19.5 Å². The zero-order chi connectivity index (χ0) is 29.1. The van der Waals surface area contributed by atoms with Gasteiger partial charge in [-0.1, -0.05) is 19.1 Å². The maximum Gasteiger partial charge on any atom is 0.573 e. The summed E-state index contributed by atoms with van der Waals surface area (Å²) in [6.07, 6.45) is -1.66. The second-order valence-electron chi connectivity index (χ2n) is 10.5. The summed E-state index contributed by atoms with van der Waals surface area (Å²) in [5.74, 6) is -1.65. The number of aromatic nitrogens is 1. The molecule has 41 heavy (non-hydrogen) atoms. The van der Waals surface area contributed by atoms with E-state index in [9.17, 15) is 27.2 Å². The molecular formula is C29H29F4N5O3. The van der Waals surface area contributed by atoms with E-state index in [0.29, 0.717) is 30.3 Å². The summed E-state index contributed by atoms with van der Waals surface area (Å²) in [6.45, 7) is 3.51. The number of piperidine rings is 1. The molecular weight excluding hydrogens is 542 g/mol. The number of ether oxygens (including phenoxy) is 1. The Labute approximate surface area is 234 Å². The molecule has 0 saturated carbocycles. The monoisotopic (exact) mass is 571 g/mol. The molecule has 3 N–H and O–H groups in total. The van der Waals surface area contributed by atoms with Crippen molar-refractivity contribution < 1.29 is 31.9 Å². The third-order valence-corrected chi connectivity index (χ3v) is 7.08. The number of benzene rings is 2. The first kappa shape index (κ1) is 28.5. The zero-order valence-corrected chi connectivity index (χ0v) is 22.2. The highest BCUT2D eigenvalue weighted by Gasteiger charge is 2.35. The van der Waals surface area contributed by atoms with Crippen molar-refractivity contribution in [1.82, 2.24) is 15.2 Å². The van der Waals surface area contributed by atoms with Crippen LogP contribution in [0.4, 0.5) is 28.9 Å². The van der Waals surface area contributed by atoms with Gasteiger partial charge in [0.2, 0.25) is 5.91 Å². The molecule has 8 nitrogen and oxygen atoms in total. The molecule has 12 heteroatoms. The van der Waals surface area contributed by atoms with Crippen LogP contribution in [0.1, 0.15) is 30.1 Å². The third kappa shape index (κ3) is 7.39. The van der Waals surface area contributed by atoms with Crippen LogP contribution in [0.25, 0.3) is 11.3 Å². The number of likely N-dealkylation sites (tertiary alicyclic amines) is 1. The zero-order valence-electron chi connectivity index (χ0n) is 22.2. The third-order valence-electron chi connectivity index (χ3n) is 7.08. The Kier molecular flexibility index (Phi) is 8.22. The van der Waals surface area contributed by atoms with Crippen molar-refractivity contribution in [3.05, 3.63) is 72.2 Å². The fourth-order valence-electron chi connectivity index (χ4n) is 5.49. The van der Waals surface area contributed by atoms with E-state index in [1.165, 1.54) is 24.4 Å². The van der Waals surface area contributed by atoms with Crippen LogP contribution in [-0.4, -0.2) is 59.8 Å². The van der Waals surface area contributed by atoms with Crippen LogP contribution in [0.5, 0.6) is 5.75 Å². The fraction of sp³-hybridized carbons (Fsp3) is 0.345. The number of anilines is 2. The molecule has 2 amide bonds. The number of hydrogen-bond acceptors (Lipinski definition) is 6. The van der Waals surface area contributed by atoms with Crippen molar-refractivity contribution in [1.29, 1.82) is 0 Å². The van der Waals surface area contributed by atoms with Crippen LogP contribution < -0.4 is 20.7 Å². The van der Waals surface area contributed by atoms with Crippen LogP contribution >= 0.6 is 0 Å². The summed E-state index contributed by atoms with van der Waals surface area (Å²) in [5, 5.41) is 8.64. The van der Waals surface area contributed by atoms with Gasteiger partial charge < -0.3 is 20.7 Å². The van der Waals surface area contributed by atoms with E-state index in [2.05, 4.69) is 32.6 Å². The maximum atomic E-state index is 14.0. The Morgan fingerprint density at radius 1 is 1.05 bits per heavy atom. The SMILES string of the molecule is CC1CC2CN(CC(=O)Nc3cc(C(=O)Nc4ccc(-c5ccccc5F)nc4)ccc3OC(F)(F)F)CC(C1)N2. The van der Waals surface area contributed by atoms with Crippen molar-refractivity contribution in [2.75, 3.05) is 30.3 Å². The summed E-state index contributed by atoms with van der Waals surface area (Å²) < 4.78 is 57.3. The number of piperazine rings is 1. The molecule has 2 saturated heterocycles. The van der Waals surface area contributed by atoms with Crippen molar-refractivity contribution in [2.24, 2.45) is 5.92 Å². The number of amides is 2. The summed E-state index contributed by atoms with van der Waals surface area (Å²) >= 11 is 0. The molecule has 0 aliphatic carbocycles. The fourth-order valence-corrected chi connectivity index (χ4v) is 5.49. The number of nitrogens with one attached hydrogen (secondary N) is 3. The van der Waals surface area contributed by atoms with E-state index in [0.717, 1.165) is 31.0 Å². The summed E-state index contributed by atoms with van der Waals surface area (Å²) in [4.78, 5) is 32.0. The number of hydrogen-bond donors (Lipinski definition) is 3. The molecule has 2 aliphatic heterocycles. The van der Waals surface area contributed by atoms with Gasteiger partial charge >= 0.3 is 6.36 Å². The van der Waals surface area contributed by atoms with E-state index in [4.69, 9.17) is 0 Å². The van der Waals surface area contributed by atoms with Crippen LogP contribution in [-0.2, 0) is 4.79 Å². The van der Waals surface area contributed by atoms with Gasteiger partial charge in [0.1, 0.15) is 5.82 Å². The molecule has 0 spiro atoms. The van der Waals surface area contributed by atoms with Crippen LogP contribution in [0, 0.1) is 11.7 Å². The van der Waals surface area contributed by atoms with E-state index in [1.807, 2.05) is 4.90 Å². The quantitative estimate of drug-likeness (QED) is 0.344.